The summed E-state index contributed by atoms with van der Waals surface area (Å²) in [4.78, 5) is 14.1. The molecule has 0 spiro atoms. The summed E-state index contributed by atoms with van der Waals surface area (Å²) in [5.74, 6) is 0.636. The number of hydrogen-bond acceptors (Lipinski definition) is 4. The quantitative estimate of drug-likeness (QED) is 0.718. The number of benzene rings is 2. The van der Waals surface area contributed by atoms with Crippen LogP contribution in [0.3, 0.4) is 0 Å². The fourth-order valence-corrected chi connectivity index (χ4v) is 2.22. The van der Waals surface area contributed by atoms with E-state index in [1.165, 1.54) is 0 Å². The average Bonchev–Trinajstić information content (AvgIpc) is 2.60. The average molecular weight is 328 g/mol. The Hall–Kier alpha value is -2.53. The lowest BCUT2D eigenvalue weighted by Gasteiger charge is -2.18. The molecule has 2 rings (SSSR count). The molecule has 0 radical (unpaired) electrons. The highest BCUT2D eigenvalue weighted by molar-refractivity contribution is 5.94. The maximum absolute atomic E-state index is 12.2. The van der Waals surface area contributed by atoms with Gasteiger partial charge in [0.15, 0.2) is 0 Å². The Labute approximate surface area is 143 Å². The van der Waals surface area contributed by atoms with Gasteiger partial charge in [0.1, 0.15) is 12.4 Å². The van der Waals surface area contributed by atoms with Gasteiger partial charge in [0, 0.05) is 31.1 Å². The van der Waals surface area contributed by atoms with Crippen LogP contribution in [0.1, 0.15) is 6.92 Å². The van der Waals surface area contributed by atoms with Gasteiger partial charge in [0.2, 0.25) is 5.91 Å². The van der Waals surface area contributed by atoms with E-state index in [4.69, 9.17) is 9.47 Å². The number of carbonyl (C=O) groups excluding carboxylic acids is 1. The first kappa shape index (κ1) is 17.8. The van der Waals surface area contributed by atoms with E-state index in [2.05, 4.69) is 5.32 Å². The van der Waals surface area contributed by atoms with Crippen LogP contribution in [0.2, 0.25) is 0 Å². The summed E-state index contributed by atoms with van der Waals surface area (Å²) in [5.41, 5.74) is 1.72. The molecule has 0 saturated heterocycles. The smallest absolute Gasteiger partial charge is 0.243 e. The van der Waals surface area contributed by atoms with Gasteiger partial charge in [-0.3, -0.25) is 4.79 Å². The van der Waals surface area contributed by atoms with Crippen molar-refractivity contribution in [3.05, 3.63) is 54.6 Å². The highest BCUT2D eigenvalue weighted by Crippen LogP contribution is 2.17. The molecule has 0 aliphatic heterocycles. The van der Waals surface area contributed by atoms with Crippen molar-refractivity contribution >= 4 is 17.3 Å². The van der Waals surface area contributed by atoms with E-state index in [9.17, 15) is 4.79 Å². The Balaban J connectivity index is 1.85. The van der Waals surface area contributed by atoms with Crippen molar-refractivity contribution in [1.29, 1.82) is 0 Å². The van der Waals surface area contributed by atoms with E-state index in [1.807, 2.05) is 73.5 Å². The molecule has 1 amide bonds. The normalized spacial score (nSPS) is 10.2. The van der Waals surface area contributed by atoms with Gasteiger partial charge in [-0.25, -0.2) is 0 Å². The Morgan fingerprint density at radius 3 is 2.62 bits per heavy atom. The maximum atomic E-state index is 12.2. The molecule has 0 aliphatic carbocycles. The molecular formula is C19H24N2O3. The lowest BCUT2D eigenvalue weighted by Crippen LogP contribution is -2.29. The number of nitrogens with one attached hydrogen (secondary N) is 1. The van der Waals surface area contributed by atoms with Crippen LogP contribution in [0.15, 0.2) is 54.6 Å². The SMILES string of the molecule is CCOCCOc1cccc(NC(=O)CN(C)c2ccccc2)c1. The lowest BCUT2D eigenvalue weighted by atomic mass is 10.3. The van der Waals surface area contributed by atoms with Gasteiger partial charge in [0.05, 0.1) is 13.2 Å². The second-order valence-corrected chi connectivity index (χ2v) is 5.31. The molecule has 2 aromatic carbocycles. The van der Waals surface area contributed by atoms with Crippen LogP contribution in [-0.4, -0.2) is 39.3 Å². The molecular weight excluding hydrogens is 304 g/mol. The number of likely N-dealkylation sites (N-methyl/N-ethyl adjacent to an activating group) is 1. The van der Waals surface area contributed by atoms with Crippen LogP contribution in [-0.2, 0) is 9.53 Å². The molecule has 0 aromatic heterocycles. The summed E-state index contributed by atoms with van der Waals surface area (Å²) in [5, 5.41) is 2.89. The summed E-state index contributed by atoms with van der Waals surface area (Å²) in [6.45, 7) is 3.94. The van der Waals surface area contributed by atoms with Gasteiger partial charge < -0.3 is 19.7 Å². The Morgan fingerprint density at radius 1 is 1.08 bits per heavy atom. The molecule has 0 fully saturated rings. The second kappa shape index (κ2) is 9.57. The van der Waals surface area contributed by atoms with Gasteiger partial charge in [0.25, 0.3) is 0 Å². The Bertz CT molecular complexity index is 632. The third-order valence-corrected chi connectivity index (χ3v) is 3.40. The van der Waals surface area contributed by atoms with Crippen LogP contribution in [0.4, 0.5) is 11.4 Å². The van der Waals surface area contributed by atoms with Gasteiger partial charge in [-0.05, 0) is 31.2 Å². The number of ether oxygens (including phenoxy) is 2. The monoisotopic (exact) mass is 328 g/mol. The number of nitrogens with zero attached hydrogens (tertiary/aromatic N) is 1. The van der Waals surface area contributed by atoms with Gasteiger partial charge in [-0.15, -0.1) is 0 Å². The third kappa shape index (κ3) is 5.93. The number of para-hydroxylation sites is 1. The first-order valence-electron chi connectivity index (χ1n) is 8.05. The predicted molar refractivity (Wildman–Crippen MR) is 96.8 cm³/mol. The van der Waals surface area contributed by atoms with Crippen molar-refractivity contribution in [3.8, 4) is 5.75 Å². The zero-order valence-electron chi connectivity index (χ0n) is 14.2. The molecule has 0 atom stereocenters. The van der Waals surface area contributed by atoms with Crippen LogP contribution in [0.25, 0.3) is 0 Å². The van der Waals surface area contributed by atoms with Gasteiger partial charge in [-0.2, -0.15) is 0 Å². The van der Waals surface area contributed by atoms with Crippen molar-refractivity contribution in [2.75, 3.05) is 43.6 Å². The fourth-order valence-electron chi connectivity index (χ4n) is 2.22. The maximum Gasteiger partial charge on any atom is 0.243 e. The molecule has 2 aromatic rings. The lowest BCUT2D eigenvalue weighted by molar-refractivity contribution is -0.114. The summed E-state index contributed by atoms with van der Waals surface area (Å²) in [6.07, 6.45) is 0. The van der Waals surface area contributed by atoms with Crippen LogP contribution in [0.5, 0.6) is 5.75 Å². The van der Waals surface area contributed by atoms with Crippen molar-refractivity contribution in [2.45, 2.75) is 6.92 Å². The highest BCUT2D eigenvalue weighted by Gasteiger charge is 2.08. The number of carbonyl (C=O) groups is 1. The summed E-state index contributed by atoms with van der Waals surface area (Å²) >= 11 is 0. The summed E-state index contributed by atoms with van der Waals surface area (Å²) < 4.78 is 10.8. The molecule has 0 aliphatic rings. The molecule has 0 bridgehead atoms. The highest BCUT2D eigenvalue weighted by atomic mass is 16.5. The number of rotatable bonds is 9. The standard InChI is InChI=1S/C19H24N2O3/c1-3-23-12-13-24-18-11-7-8-16(14-18)20-19(22)15-21(2)17-9-5-4-6-10-17/h4-11,14H,3,12-13,15H2,1-2H3,(H,20,22). The zero-order valence-corrected chi connectivity index (χ0v) is 14.2. The topological polar surface area (TPSA) is 50.8 Å². The van der Waals surface area contributed by atoms with Crippen molar-refractivity contribution in [3.63, 3.8) is 0 Å². The molecule has 5 heteroatoms. The molecule has 0 heterocycles. The van der Waals surface area contributed by atoms with Crippen LogP contribution < -0.4 is 15.0 Å². The minimum Gasteiger partial charge on any atom is -0.491 e. The van der Waals surface area contributed by atoms with Gasteiger partial charge >= 0.3 is 0 Å². The van der Waals surface area contributed by atoms with Crippen LogP contribution in [0, 0.1) is 0 Å². The minimum absolute atomic E-state index is 0.0761. The van der Waals surface area contributed by atoms with E-state index in [0.717, 1.165) is 11.4 Å². The van der Waals surface area contributed by atoms with E-state index < -0.39 is 0 Å². The first-order valence-corrected chi connectivity index (χ1v) is 8.05. The van der Waals surface area contributed by atoms with Crippen molar-refractivity contribution < 1.29 is 14.3 Å². The van der Waals surface area contributed by atoms with E-state index >= 15 is 0 Å². The number of hydrogen-bond donors (Lipinski definition) is 1. The summed E-state index contributed by atoms with van der Waals surface area (Å²) in [7, 11) is 1.89. The molecule has 24 heavy (non-hydrogen) atoms. The predicted octanol–water partition coefficient (Wildman–Crippen LogP) is 3.18. The molecule has 0 saturated carbocycles. The number of amides is 1. The minimum atomic E-state index is -0.0761. The van der Waals surface area contributed by atoms with Crippen molar-refractivity contribution in [1.82, 2.24) is 0 Å². The van der Waals surface area contributed by atoms with E-state index in [1.54, 1.807) is 0 Å². The largest absolute Gasteiger partial charge is 0.491 e. The Kier molecular flexibility index (Phi) is 7.11. The fraction of sp³-hybridized carbons (Fsp3) is 0.316. The third-order valence-electron chi connectivity index (χ3n) is 3.40. The van der Waals surface area contributed by atoms with Gasteiger partial charge in [-0.1, -0.05) is 24.3 Å². The number of anilines is 2. The summed E-state index contributed by atoms with van der Waals surface area (Å²) in [6, 6.07) is 17.2. The zero-order chi connectivity index (χ0) is 17.2. The van der Waals surface area contributed by atoms with E-state index in [0.29, 0.717) is 25.6 Å². The van der Waals surface area contributed by atoms with Crippen LogP contribution >= 0.6 is 0 Å². The first-order chi connectivity index (χ1) is 11.7. The molecule has 128 valence electrons. The molecule has 5 nitrogen and oxygen atoms in total. The molecule has 0 unspecified atom stereocenters. The molecule has 1 N–H and O–H groups in total. The Morgan fingerprint density at radius 2 is 1.88 bits per heavy atom. The van der Waals surface area contributed by atoms with E-state index in [-0.39, 0.29) is 12.5 Å². The van der Waals surface area contributed by atoms with Crippen molar-refractivity contribution in [2.24, 2.45) is 0 Å². The second-order valence-electron chi connectivity index (χ2n) is 5.31.